The van der Waals surface area contributed by atoms with E-state index in [2.05, 4.69) is 10.2 Å². The first-order chi connectivity index (χ1) is 13.0. The van der Waals surface area contributed by atoms with Crippen molar-refractivity contribution in [3.8, 4) is 0 Å². The minimum atomic E-state index is -3.84. The van der Waals surface area contributed by atoms with E-state index < -0.39 is 10.0 Å². The van der Waals surface area contributed by atoms with E-state index in [1.165, 1.54) is 22.9 Å². The SMILES string of the molecule is O=S(=O)(c1ccc2nncn2c1)N(Cc1ccccc1)c1cccc(Cl)c1. The summed E-state index contributed by atoms with van der Waals surface area (Å²) in [6.07, 6.45) is 2.97. The number of halogens is 1. The Morgan fingerprint density at radius 3 is 2.59 bits per heavy atom. The van der Waals surface area contributed by atoms with Gasteiger partial charge in [-0.2, -0.15) is 0 Å². The number of pyridine rings is 1. The van der Waals surface area contributed by atoms with Crippen molar-refractivity contribution < 1.29 is 8.42 Å². The maximum absolute atomic E-state index is 13.4. The van der Waals surface area contributed by atoms with Crippen molar-refractivity contribution in [2.75, 3.05) is 4.31 Å². The van der Waals surface area contributed by atoms with Crippen LogP contribution in [0.5, 0.6) is 0 Å². The third-order valence-electron chi connectivity index (χ3n) is 4.12. The largest absolute Gasteiger partial charge is 0.288 e. The van der Waals surface area contributed by atoms with Crippen LogP contribution in [0.2, 0.25) is 5.02 Å². The number of nitrogens with zero attached hydrogens (tertiary/aromatic N) is 4. The molecule has 2 aromatic carbocycles. The van der Waals surface area contributed by atoms with Crippen LogP contribution < -0.4 is 4.31 Å². The van der Waals surface area contributed by atoms with Crippen molar-refractivity contribution in [2.45, 2.75) is 11.4 Å². The number of benzene rings is 2. The Hall–Kier alpha value is -2.90. The minimum absolute atomic E-state index is 0.144. The highest BCUT2D eigenvalue weighted by molar-refractivity contribution is 7.92. The molecule has 8 heteroatoms. The first kappa shape index (κ1) is 17.5. The van der Waals surface area contributed by atoms with Crippen molar-refractivity contribution in [2.24, 2.45) is 0 Å². The molecule has 0 spiro atoms. The third kappa shape index (κ3) is 3.51. The molecule has 27 heavy (non-hydrogen) atoms. The molecule has 136 valence electrons. The highest BCUT2D eigenvalue weighted by Gasteiger charge is 2.26. The van der Waals surface area contributed by atoms with Crippen LogP contribution in [-0.2, 0) is 16.6 Å². The van der Waals surface area contributed by atoms with Crippen LogP contribution in [0.3, 0.4) is 0 Å². The molecule has 4 rings (SSSR count). The van der Waals surface area contributed by atoms with Crippen LogP contribution in [0.25, 0.3) is 5.65 Å². The standard InChI is InChI=1S/C19H15ClN4O2S/c20-16-7-4-8-17(11-16)24(12-15-5-2-1-3-6-15)27(25,26)18-9-10-19-22-21-14-23(19)13-18/h1-11,13-14H,12H2. The van der Waals surface area contributed by atoms with Gasteiger partial charge in [0.25, 0.3) is 10.0 Å². The van der Waals surface area contributed by atoms with Crippen LogP contribution in [0, 0.1) is 0 Å². The van der Waals surface area contributed by atoms with E-state index in [4.69, 9.17) is 11.6 Å². The number of anilines is 1. The van der Waals surface area contributed by atoms with Crippen LogP contribution in [0.15, 0.2) is 84.1 Å². The predicted molar refractivity (Wildman–Crippen MR) is 104 cm³/mol. The summed E-state index contributed by atoms with van der Waals surface area (Å²) in [6, 6.07) is 19.4. The zero-order chi connectivity index (χ0) is 18.9. The lowest BCUT2D eigenvalue weighted by Crippen LogP contribution is -2.30. The van der Waals surface area contributed by atoms with Gasteiger partial charge in [-0.1, -0.05) is 48.0 Å². The monoisotopic (exact) mass is 398 g/mol. The summed E-state index contributed by atoms with van der Waals surface area (Å²) >= 11 is 6.11. The quantitative estimate of drug-likeness (QED) is 0.513. The molecule has 0 aliphatic rings. The Morgan fingerprint density at radius 1 is 1.00 bits per heavy atom. The van der Waals surface area contributed by atoms with Crippen molar-refractivity contribution in [1.82, 2.24) is 14.6 Å². The molecule has 2 aromatic heterocycles. The number of rotatable bonds is 5. The molecule has 0 unspecified atom stereocenters. The van der Waals surface area contributed by atoms with Crippen molar-refractivity contribution >= 4 is 33.0 Å². The lowest BCUT2D eigenvalue weighted by atomic mass is 10.2. The van der Waals surface area contributed by atoms with E-state index in [9.17, 15) is 8.42 Å². The Morgan fingerprint density at radius 2 is 1.81 bits per heavy atom. The van der Waals surface area contributed by atoms with Crippen LogP contribution in [0.1, 0.15) is 5.56 Å². The summed E-state index contributed by atoms with van der Waals surface area (Å²) in [4.78, 5) is 0.144. The molecule has 0 aliphatic carbocycles. The van der Waals surface area contributed by atoms with E-state index in [-0.39, 0.29) is 11.4 Å². The number of hydrogen-bond donors (Lipinski definition) is 0. The molecule has 0 atom stereocenters. The first-order valence-electron chi connectivity index (χ1n) is 8.16. The zero-order valence-corrected chi connectivity index (χ0v) is 15.7. The van der Waals surface area contributed by atoms with Gasteiger partial charge in [-0.3, -0.25) is 8.71 Å². The van der Waals surface area contributed by atoms with Gasteiger partial charge in [0.15, 0.2) is 5.65 Å². The predicted octanol–water partition coefficient (Wildman–Crippen LogP) is 3.78. The summed E-state index contributed by atoms with van der Waals surface area (Å²) in [5.74, 6) is 0. The Bertz CT molecular complexity index is 1190. The maximum Gasteiger partial charge on any atom is 0.266 e. The Kier molecular flexibility index (Phi) is 4.55. The Labute approximate surface area is 161 Å². The topological polar surface area (TPSA) is 67.6 Å². The molecule has 0 bridgehead atoms. The summed E-state index contributed by atoms with van der Waals surface area (Å²) in [5.41, 5.74) is 1.94. The first-order valence-corrected chi connectivity index (χ1v) is 9.97. The lowest BCUT2D eigenvalue weighted by Gasteiger charge is -2.25. The van der Waals surface area contributed by atoms with Gasteiger partial charge in [-0.05, 0) is 35.9 Å². The molecular weight excluding hydrogens is 384 g/mol. The molecule has 4 aromatic rings. The van der Waals surface area contributed by atoms with Crippen molar-refractivity contribution in [1.29, 1.82) is 0 Å². The fourth-order valence-electron chi connectivity index (χ4n) is 2.78. The van der Waals surface area contributed by atoms with Gasteiger partial charge < -0.3 is 0 Å². The highest BCUT2D eigenvalue weighted by atomic mass is 35.5. The van der Waals surface area contributed by atoms with Gasteiger partial charge in [0.1, 0.15) is 11.2 Å². The summed E-state index contributed by atoms with van der Waals surface area (Å²) in [6.45, 7) is 0.184. The minimum Gasteiger partial charge on any atom is -0.288 e. The molecule has 0 radical (unpaired) electrons. The lowest BCUT2D eigenvalue weighted by molar-refractivity contribution is 0.590. The fraction of sp³-hybridized carbons (Fsp3) is 0.0526. The molecule has 2 heterocycles. The van der Waals surface area contributed by atoms with Gasteiger partial charge in [0, 0.05) is 11.2 Å². The van der Waals surface area contributed by atoms with Gasteiger partial charge >= 0.3 is 0 Å². The second-order valence-corrected chi connectivity index (χ2v) is 8.24. The van der Waals surface area contributed by atoms with E-state index >= 15 is 0 Å². The normalized spacial score (nSPS) is 11.6. The molecule has 0 amide bonds. The number of aromatic nitrogens is 3. The molecule has 0 saturated carbocycles. The molecule has 0 N–H and O–H groups in total. The summed E-state index contributed by atoms with van der Waals surface area (Å²) in [5, 5.41) is 8.17. The van der Waals surface area contributed by atoms with Crippen molar-refractivity contribution in [3.05, 3.63) is 89.8 Å². The van der Waals surface area contributed by atoms with Gasteiger partial charge in [0.05, 0.1) is 12.2 Å². The number of sulfonamides is 1. The third-order valence-corrected chi connectivity index (χ3v) is 6.11. The van der Waals surface area contributed by atoms with Crippen LogP contribution >= 0.6 is 11.6 Å². The van der Waals surface area contributed by atoms with Crippen LogP contribution in [0.4, 0.5) is 5.69 Å². The molecule has 0 fully saturated rings. The molecule has 0 saturated heterocycles. The van der Waals surface area contributed by atoms with Gasteiger partial charge in [-0.25, -0.2) is 8.42 Å². The average Bonchev–Trinajstić information content (AvgIpc) is 3.14. The maximum atomic E-state index is 13.4. The zero-order valence-electron chi connectivity index (χ0n) is 14.1. The van der Waals surface area contributed by atoms with E-state index in [1.807, 2.05) is 30.3 Å². The number of fused-ring (bicyclic) bond motifs is 1. The van der Waals surface area contributed by atoms with E-state index in [1.54, 1.807) is 34.7 Å². The molecular formula is C19H15ClN4O2S. The highest BCUT2D eigenvalue weighted by Crippen LogP contribution is 2.28. The van der Waals surface area contributed by atoms with Crippen molar-refractivity contribution in [3.63, 3.8) is 0 Å². The van der Waals surface area contributed by atoms with Crippen LogP contribution in [-0.4, -0.2) is 23.0 Å². The molecule has 0 aliphatic heterocycles. The summed E-state index contributed by atoms with van der Waals surface area (Å²) < 4.78 is 29.8. The fourth-order valence-corrected chi connectivity index (χ4v) is 4.42. The Balaban J connectivity index is 1.83. The van der Waals surface area contributed by atoms with Gasteiger partial charge in [0.2, 0.25) is 0 Å². The second-order valence-electron chi connectivity index (χ2n) is 5.94. The summed E-state index contributed by atoms with van der Waals surface area (Å²) in [7, 11) is -3.84. The van der Waals surface area contributed by atoms with E-state index in [0.717, 1.165) is 5.56 Å². The average molecular weight is 399 g/mol. The second kappa shape index (κ2) is 7.02. The van der Waals surface area contributed by atoms with Gasteiger partial charge in [-0.15, -0.1) is 10.2 Å². The number of hydrogen-bond acceptors (Lipinski definition) is 4. The van der Waals surface area contributed by atoms with E-state index in [0.29, 0.717) is 16.4 Å². The molecule has 6 nitrogen and oxygen atoms in total. The smallest absolute Gasteiger partial charge is 0.266 e.